The average molecular weight is 320 g/mol. The van der Waals surface area contributed by atoms with Gasteiger partial charge < -0.3 is 5.32 Å². The molecule has 0 saturated heterocycles. The van der Waals surface area contributed by atoms with Gasteiger partial charge in [-0.3, -0.25) is 4.79 Å². The second-order valence-corrected chi connectivity index (χ2v) is 7.01. The largest absolute Gasteiger partial charge is 0.321 e. The van der Waals surface area contributed by atoms with Crippen molar-refractivity contribution in [1.29, 1.82) is 0 Å². The number of anilines is 1. The molecule has 0 unspecified atom stereocenters. The van der Waals surface area contributed by atoms with Gasteiger partial charge in [-0.1, -0.05) is 30.3 Å². The molecule has 1 aliphatic rings. The van der Waals surface area contributed by atoms with Crippen molar-refractivity contribution in [2.75, 3.05) is 5.32 Å². The number of rotatable bonds is 2. The molecule has 0 radical (unpaired) electrons. The highest BCUT2D eigenvalue weighted by Gasteiger charge is 2.19. The number of fused-ring (bicyclic) bond motifs is 3. The first-order chi connectivity index (χ1) is 11.1. The quantitative estimate of drug-likeness (QED) is 0.587. The molecule has 0 bridgehead atoms. The molecule has 0 fully saturated rings. The Labute approximate surface area is 139 Å². The van der Waals surface area contributed by atoms with Crippen LogP contribution in [0.25, 0.3) is 11.1 Å². The molecule has 1 N–H and O–H groups in total. The molecule has 114 valence electrons. The summed E-state index contributed by atoms with van der Waals surface area (Å²) in [5.74, 6) is -0.0800. The lowest BCUT2D eigenvalue weighted by Gasteiger charge is -2.07. The number of carbonyl (C=O) groups is 1. The van der Waals surface area contributed by atoms with Crippen molar-refractivity contribution in [3.8, 4) is 11.1 Å². The molecule has 0 aliphatic heterocycles. The number of carbonyl (C=O) groups excluding carboxylic acids is 1. The summed E-state index contributed by atoms with van der Waals surface area (Å²) in [5.41, 5.74) is 6.81. The molecule has 0 atom stereocenters. The van der Waals surface area contributed by atoms with E-state index < -0.39 is 0 Å². The normalized spacial score (nSPS) is 11.9. The molecule has 1 heterocycles. The fourth-order valence-electron chi connectivity index (χ4n) is 3.15. The summed E-state index contributed by atoms with van der Waals surface area (Å²) in [6.45, 7) is 3.79. The number of aryl methyl sites for hydroxylation is 2. The zero-order valence-corrected chi connectivity index (χ0v) is 13.8. The van der Waals surface area contributed by atoms with E-state index in [1.54, 1.807) is 0 Å². The van der Waals surface area contributed by atoms with Gasteiger partial charge >= 0.3 is 0 Å². The van der Waals surface area contributed by atoms with Gasteiger partial charge in [-0.2, -0.15) is 0 Å². The van der Waals surface area contributed by atoms with E-state index >= 15 is 0 Å². The number of benzene rings is 2. The van der Waals surface area contributed by atoms with Crippen molar-refractivity contribution in [2.24, 2.45) is 0 Å². The zero-order valence-electron chi connectivity index (χ0n) is 13.0. The Bertz CT molecular complexity index is 927. The van der Waals surface area contributed by atoms with E-state index in [4.69, 9.17) is 0 Å². The Morgan fingerprint density at radius 1 is 1.09 bits per heavy atom. The first-order valence-electron chi connectivity index (χ1n) is 7.58. The van der Waals surface area contributed by atoms with Crippen LogP contribution in [0.3, 0.4) is 0 Å². The van der Waals surface area contributed by atoms with Gasteiger partial charge in [0.05, 0.1) is 10.7 Å². The Morgan fingerprint density at radius 3 is 2.65 bits per heavy atom. The van der Waals surface area contributed by atoms with Crippen LogP contribution in [-0.2, 0) is 6.42 Å². The van der Waals surface area contributed by atoms with Crippen molar-refractivity contribution in [3.63, 3.8) is 0 Å². The topological polar surface area (TPSA) is 42.0 Å². The first-order valence-corrected chi connectivity index (χ1v) is 8.40. The molecule has 4 rings (SSSR count). The molecule has 0 saturated carbocycles. The summed E-state index contributed by atoms with van der Waals surface area (Å²) in [4.78, 5) is 17.4. The van der Waals surface area contributed by atoms with Crippen molar-refractivity contribution in [2.45, 2.75) is 20.3 Å². The average Bonchev–Trinajstić information content (AvgIpc) is 3.06. The maximum Gasteiger partial charge on any atom is 0.267 e. The molecule has 4 heteroatoms. The van der Waals surface area contributed by atoms with Crippen LogP contribution < -0.4 is 5.32 Å². The maximum absolute atomic E-state index is 12.4. The first kappa shape index (κ1) is 14.2. The summed E-state index contributed by atoms with van der Waals surface area (Å²) in [6.07, 6.45) is 0.925. The summed E-state index contributed by atoms with van der Waals surface area (Å²) < 4.78 is 0. The molecular weight excluding hydrogens is 304 g/mol. The number of thiazole rings is 1. The lowest BCUT2D eigenvalue weighted by molar-refractivity contribution is 0.103. The number of hydrogen-bond acceptors (Lipinski definition) is 3. The van der Waals surface area contributed by atoms with Crippen molar-refractivity contribution < 1.29 is 4.79 Å². The van der Waals surface area contributed by atoms with Crippen LogP contribution >= 0.6 is 11.3 Å². The van der Waals surface area contributed by atoms with Crippen molar-refractivity contribution in [1.82, 2.24) is 4.98 Å². The zero-order chi connectivity index (χ0) is 16.0. The monoisotopic (exact) mass is 320 g/mol. The number of amides is 1. The molecular formula is C19H16N2OS. The van der Waals surface area contributed by atoms with E-state index in [1.807, 2.05) is 19.9 Å². The van der Waals surface area contributed by atoms with Gasteiger partial charge in [0.15, 0.2) is 0 Å². The molecule has 0 spiro atoms. The highest BCUT2D eigenvalue weighted by molar-refractivity contribution is 7.13. The second kappa shape index (κ2) is 5.32. The second-order valence-electron chi connectivity index (χ2n) is 5.81. The van der Waals surface area contributed by atoms with Gasteiger partial charge in [0.25, 0.3) is 5.91 Å². The van der Waals surface area contributed by atoms with Crippen molar-refractivity contribution in [3.05, 3.63) is 69.2 Å². The van der Waals surface area contributed by atoms with E-state index in [0.29, 0.717) is 4.88 Å². The van der Waals surface area contributed by atoms with E-state index in [-0.39, 0.29) is 5.91 Å². The Hall–Kier alpha value is -2.46. The molecule has 1 aliphatic carbocycles. The van der Waals surface area contributed by atoms with Gasteiger partial charge in [0, 0.05) is 5.69 Å². The van der Waals surface area contributed by atoms with Crippen LogP contribution in [0.1, 0.15) is 31.5 Å². The van der Waals surface area contributed by atoms with Crippen LogP contribution in [0.5, 0.6) is 0 Å². The van der Waals surface area contributed by atoms with Gasteiger partial charge in [0.1, 0.15) is 4.88 Å². The van der Waals surface area contributed by atoms with Crippen LogP contribution in [0.4, 0.5) is 5.69 Å². The molecule has 1 aromatic heterocycles. The minimum atomic E-state index is -0.0800. The minimum Gasteiger partial charge on any atom is -0.321 e. The van der Waals surface area contributed by atoms with Crippen LogP contribution in [0, 0.1) is 13.8 Å². The van der Waals surface area contributed by atoms with Crippen LogP contribution in [-0.4, -0.2) is 10.9 Å². The number of hydrogen-bond donors (Lipinski definition) is 1. The molecule has 3 nitrogen and oxygen atoms in total. The summed E-state index contributed by atoms with van der Waals surface area (Å²) in [5, 5.41) is 3.91. The summed E-state index contributed by atoms with van der Waals surface area (Å²) in [6, 6.07) is 14.6. The van der Waals surface area contributed by atoms with E-state index in [2.05, 4.69) is 46.7 Å². The molecule has 3 aromatic rings. The standard InChI is InChI=1S/C19H16N2OS/c1-11-18(23-12(2)20-11)19(22)21-15-7-8-17-14(10-15)9-13-5-3-4-6-16(13)17/h3-8,10H,9H2,1-2H3,(H,21,22). The summed E-state index contributed by atoms with van der Waals surface area (Å²) in [7, 11) is 0. The lowest BCUT2D eigenvalue weighted by Crippen LogP contribution is -2.11. The Morgan fingerprint density at radius 2 is 1.87 bits per heavy atom. The number of nitrogens with zero attached hydrogens (tertiary/aromatic N) is 1. The van der Waals surface area contributed by atoms with Gasteiger partial charge in [-0.05, 0) is 54.7 Å². The van der Waals surface area contributed by atoms with Crippen LogP contribution in [0.15, 0.2) is 42.5 Å². The fourth-order valence-corrected chi connectivity index (χ4v) is 3.97. The highest BCUT2D eigenvalue weighted by atomic mass is 32.1. The van der Waals surface area contributed by atoms with E-state index in [9.17, 15) is 4.79 Å². The van der Waals surface area contributed by atoms with E-state index in [1.165, 1.54) is 33.6 Å². The minimum absolute atomic E-state index is 0.0800. The lowest BCUT2D eigenvalue weighted by atomic mass is 10.1. The Kier molecular flexibility index (Phi) is 3.27. The number of nitrogens with one attached hydrogen (secondary N) is 1. The van der Waals surface area contributed by atoms with Crippen LogP contribution in [0.2, 0.25) is 0 Å². The van der Waals surface area contributed by atoms with Gasteiger partial charge in [-0.15, -0.1) is 11.3 Å². The highest BCUT2D eigenvalue weighted by Crippen LogP contribution is 2.37. The maximum atomic E-state index is 12.4. The third-order valence-electron chi connectivity index (χ3n) is 4.16. The third-order valence-corrected chi connectivity index (χ3v) is 5.23. The Balaban J connectivity index is 1.62. The molecule has 23 heavy (non-hydrogen) atoms. The summed E-state index contributed by atoms with van der Waals surface area (Å²) >= 11 is 1.43. The van der Waals surface area contributed by atoms with E-state index in [0.717, 1.165) is 22.8 Å². The van der Waals surface area contributed by atoms with Gasteiger partial charge in [0.2, 0.25) is 0 Å². The van der Waals surface area contributed by atoms with Crippen molar-refractivity contribution >= 4 is 22.9 Å². The fraction of sp³-hybridized carbons (Fsp3) is 0.158. The third kappa shape index (κ3) is 2.45. The van der Waals surface area contributed by atoms with Gasteiger partial charge in [-0.25, -0.2) is 4.98 Å². The number of aromatic nitrogens is 1. The SMILES string of the molecule is Cc1nc(C)c(C(=O)Nc2ccc3c(c2)Cc2ccccc2-3)s1. The molecule has 2 aromatic carbocycles. The molecule has 1 amide bonds. The smallest absolute Gasteiger partial charge is 0.267 e. The predicted molar refractivity (Wildman–Crippen MR) is 94.2 cm³/mol. The predicted octanol–water partition coefficient (Wildman–Crippen LogP) is 4.58.